The molecule has 0 aromatic rings. The summed E-state index contributed by atoms with van der Waals surface area (Å²) in [6.07, 6.45) is 4.84. The summed E-state index contributed by atoms with van der Waals surface area (Å²) in [4.78, 5) is 11.3. The molecular weight excluding hydrogens is 216 g/mol. The Morgan fingerprint density at radius 2 is 2.24 bits per heavy atom. The summed E-state index contributed by atoms with van der Waals surface area (Å²) in [5.41, 5.74) is -0.639. The molecule has 1 aliphatic carbocycles. The minimum absolute atomic E-state index is 0.187. The minimum Gasteiger partial charge on any atom is -0.466 e. The minimum atomic E-state index is -0.639. The summed E-state index contributed by atoms with van der Waals surface area (Å²) >= 11 is 0. The lowest BCUT2D eigenvalue weighted by atomic mass is 9.72. The molecule has 100 valence electrons. The molecule has 1 saturated carbocycles. The molecule has 0 amide bonds. The summed E-state index contributed by atoms with van der Waals surface area (Å²) in [5.74, 6) is 1.02. The van der Waals surface area contributed by atoms with Crippen molar-refractivity contribution in [1.82, 2.24) is 0 Å². The first-order valence-electron chi connectivity index (χ1n) is 6.85. The average Bonchev–Trinajstić information content (AvgIpc) is 2.27. The van der Waals surface area contributed by atoms with E-state index in [1.165, 1.54) is 6.42 Å². The van der Waals surface area contributed by atoms with Gasteiger partial charge in [0.2, 0.25) is 0 Å². The standard InChI is InChI=1S/C14H26O3/c1-4-17-13(15)7-9-14(16)8-5-6-12(10-14)11(2)3/h11-12,16H,4-10H2,1-3H3. The van der Waals surface area contributed by atoms with Gasteiger partial charge in [0.15, 0.2) is 0 Å². The van der Waals surface area contributed by atoms with E-state index in [9.17, 15) is 9.90 Å². The molecule has 17 heavy (non-hydrogen) atoms. The van der Waals surface area contributed by atoms with Crippen molar-refractivity contribution >= 4 is 5.97 Å². The van der Waals surface area contributed by atoms with Crippen LogP contribution in [0, 0.1) is 11.8 Å². The second-order valence-corrected chi connectivity index (χ2v) is 5.63. The molecule has 1 rings (SSSR count). The molecule has 0 radical (unpaired) electrons. The zero-order valence-corrected chi connectivity index (χ0v) is 11.4. The lowest BCUT2D eigenvalue weighted by Gasteiger charge is -2.38. The highest BCUT2D eigenvalue weighted by Crippen LogP contribution is 2.38. The summed E-state index contributed by atoms with van der Waals surface area (Å²) in [6, 6.07) is 0. The fourth-order valence-corrected chi connectivity index (χ4v) is 2.75. The van der Waals surface area contributed by atoms with Gasteiger partial charge >= 0.3 is 5.97 Å². The Morgan fingerprint density at radius 1 is 1.53 bits per heavy atom. The van der Waals surface area contributed by atoms with Crippen LogP contribution >= 0.6 is 0 Å². The molecule has 0 aromatic heterocycles. The van der Waals surface area contributed by atoms with Crippen molar-refractivity contribution in [3.63, 3.8) is 0 Å². The van der Waals surface area contributed by atoms with E-state index in [1.54, 1.807) is 0 Å². The number of hydrogen-bond donors (Lipinski definition) is 1. The van der Waals surface area contributed by atoms with Gasteiger partial charge in [-0.2, -0.15) is 0 Å². The molecule has 0 heterocycles. The normalized spacial score (nSPS) is 29.4. The summed E-state index contributed by atoms with van der Waals surface area (Å²) in [5, 5.41) is 10.5. The Hall–Kier alpha value is -0.570. The first-order chi connectivity index (χ1) is 7.97. The van der Waals surface area contributed by atoms with E-state index in [0.29, 0.717) is 31.3 Å². The molecule has 1 fully saturated rings. The molecule has 1 aliphatic rings. The number of rotatable bonds is 5. The maximum absolute atomic E-state index is 11.3. The van der Waals surface area contributed by atoms with Crippen molar-refractivity contribution in [2.75, 3.05) is 6.61 Å². The summed E-state index contributed by atoms with van der Waals surface area (Å²) < 4.78 is 4.90. The van der Waals surface area contributed by atoms with E-state index in [0.717, 1.165) is 19.3 Å². The van der Waals surface area contributed by atoms with Crippen molar-refractivity contribution in [2.24, 2.45) is 11.8 Å². The quantitative estimate of drug-likeness (QED) is 0.754. The van der Waals surface area contributed by atoms with E-state index in [1.807, 2.05) is 6.92 Å². The van der Waals surface area contributed by atoms with Gasteiger partial charge in [-0.05, 0) is 44.4 Å². The van der Waals surface area contributed by atoms with E-state index in [4.69, 9.17) is 4.74 Å². The van der Waals surface area contributed by atoms with Crippen molar-refractivity contribution < 1.29 is 14.6 Å². The summed E-state index contributed by atoms with van der Waals surface area (Å²) in [7, 11) is 0. The first-order valence-corrected chi connectivity index (χ1v) is 6.85. The van der Waals surface area contributed by atoms with Crippen LogP contribution in [0.2, 0.25) is 0 Å². The van der Waals surface area contributed by atoms with Crippen molar-refractivity contribution in [1.29, 1.82) is 0 Å². The van der Waals surface area contributed by atoms with E-state index >= 15 is 0 Å². The third-order valence-electron chi connectivity index (χ3n) is 3.90. The zero-order chi connectivity index (χ0) is 12.9. The molecule has 0 bridgehead atoms. The topological polar surface area (TPSA) is 46.5 Å². The van der Waals surface area contributed by atoms with E-state index < -0.39 is 5.60 Å². The number of hydrogen-bond acceptors (Lipinski definition) is 3. The average molecular weight is 242 g/mol. The number of aliphatic hydroxyl groups is 1. The maximum atomic E-state index is 11.3. The second kappa shape index (κ2) is 6.39. The van der Waals surface area contributed by atoms with Gasteiger partial charge in [-0.1, -0.05) is 20.3 Å². The monoisotopic (exact) mass is 242 g/mol. The van der Waals surface area contributed by atoms with Gasteiger partial charge in [-0.3, -0.25) is 4.79 Å². The third kappa shape index (κ3) is 4.66. The number of ether oxygens (including phenoxy) is 1. The van der Waals surface area contributed by atoms with Crippen molar-refractivity contribution in [3.05, 3.63) is 0 Å². The van der Waals surface area contributed by atoms with Gasteiger partial charge in [-0.15, -0.1) is 0 Å². The SMILES string of the molecule is CCOC(=O)CCC1(O)CCCC(C(C)C)C1. The van der Waals surface area contributed by atoms with Gasteiger partial charge in [-0.25, -0.2) is 0 Å². The van der Waals surface area contributed by atoms with Crippen LogP contribution in [0.15, 0.2) is 0 Å². The molecule has 0 aromatic carbocycles. The number of carbonyl (C=O) groups is 1. The Labute approximate surface area is 105 Å². The molecular formula is C14H26O3. The van der Waals surface area contributed by atoms with Crippen molar-refractivity contribution in [2.45, 2.75) is 64.9 Å². The van der Waals surface area contributed by atoms with Gasteiger partial charge in [0.05, 0.1) is 12.2 Å². The van der Waals surface area contributed by atoms with Gasteiger partial charge < -0.3 is 9.84 Å². The van der Waals surface area contributed by atoms with Gasteiger partial charge in [0.1, 0.15) is 0 Å². The Balaban J connectivity index is 2.42. The Bertz CT molecular complexity index is 250. The highest BCUT2D eigenvalue weighted by molar-refractivity contribution is 5.69. The predicted molar refractivity (Wildman–Crippen MR) is 67.6 cm³/mol. The molecule has 1 N–H and O–H groups in total. The van der Waals surface area contributed by atoms with Crippen LogP contribution in [-0.2, 0) is 9.53 Å². The fourth-order valence-electron chi connectivity index (χ4n) is 2.75. The Kier molecular flexibility index (Phi) is 5.44. The van der Waals surface area contributed by atoms with Gasteiger partial charge in [0, 0.05) is 6.42 Å². The van der Waals surface area contributed by atoms with Crippen LogP contribution in [0.5, 0.6) is 0 Å². The van der Waals surface area contributed by atoms with Crippen LogP contribution in [0.1, 0.15) is 59.3 Å². The summed E-state index contributed by atoms with van der Waals surface area (Å²) in [6.45, 7) is 6.65. The van der Waals surface area contributed by atoms with Crippen LogP contribution < -0.4 is 0 Å². The lowest BCUT2D eigenvalue weighted by molar-refractivity contribution is -0.145. The highest BCUT2D eigenvalue weighted by atomic mass is 16.5. The molecule has 0 spiro atoms. The number of carbonyl (C=O) groups excluding carboxylic acids is 1. The first kappa shape index (κ1) is 14.5. The zero-order valence-electron chi connectivity index (χ0n) is 11.4. The van der Waals surface area contributed by atoms with Crippen LogP contribution in [-0.4, -0.2) is 23.3 Å². The predicted octanol–water partition coefficient (Wildman–Crippen LogP) is 2.91. The molecule has 2 unspecified atom stereocenters. The smallest absolute Gasteiger partial charge is 0.305 e. The molecule has 2 atom stereocenters. The Morgan fingerprint density at radius 3 is 2.82 bits per heavy atom. The molecule has 0 saturated heterocycles. The van der Waals surface area contributed by atoms with Crippen LogP contribution in [0.3, 0.4) is 0 Å². The highest BCUT2D eigenvalue weighted by Gasteiger charge is 2.35. The largest absolute Gasteiger partial charge is 0.466 e. The van der Waals surface area contributed by atoms with E-state index in [-0.39, 0.29) is 5.97 Å². The third-order valence-corrected chi connectivity index (χ3v) is 3.90. The van der Waals surface area contributed by atoms with Crippen molar-refractivity contribution in [3.8, 4) is 0 Å². The maximum Gasteiger partial charge on any atom is 0.305 e. The van der Waals surface area contributed by atoms with Crippen LogP contribution in [0.25, 0.3) is 0 Å². The molecule has 3 heteroatoms. The van der Waals surface area contributed by atoms with Crippen LogP contribution in [0.4, 0.5) is 0 Å². The number of esters is 1. The van der Waals surface area contributed by atoms with E-state index in [2.05, 4.69) is 13.8 Å². The fraction of sp³-hybridized carbons (Fsp3) is 0.929. The lowest BCUT2D eigenvalue weighted by Crippen LogP contribution is -2.37. The molecule has 0 aliphatic heterocycles. The van der Waals surface area contributed by atoms with Gasteiger partial charge in [0.25, 0.3) is 0 Å². The second-order valence-electron chi connectivity index (χ2n) is 5.63. The molecule has 3 nitrogen and oxygen atoms in total.